The number of alkyl halides is 3. The number of hydrogen-bond donors (Lipinski definition) is 2. The molecule has 0 saturated carbocycles. The van der Waals surface area contributed by atoms with Crippen LogP contribution in [0.15, 0.2) is 60.7 Å². The van der Waals surface area contributed by atoms with Crippen molar-refractivity contribution in [2.45, 2.75) is 13.1 Å². The van der Waals surface area contributed by atoms with Gasteiger partial charge in [0.15, 0.2) is 5.65 Å². The molecular weight excluding hydrogens is 447 g/mol. The number of carbonyl (C=O) groups is 2. The van der Waals surface area contributed by atoms with Crippen molar-refractivity contribution in [3.63, 3.8) is 0 Å². The SMILES string of the molecule is Cc1nn(C)c2nc(-c3ccccc3)cc(C(=O)Nc3ccc(C(=O)NCC(F)(F)F)cc3)c12. The highest BCUT2D eigenvalue weighted by Crippen LogP contribution is 2.27. The first-order chi connectivity index (χ1) is 16.1. The lowest BCUT2D eigenvalue weighted by Crippen LogP contribution is -2.33. The number of rotatable bonds is 5. The summed E-state index contributed by atoms with van der Waals surface area (Å²) in [4.78, 5) is 29.8. The van der Waals surface area contributed by atoms with Crippen molar-refractivity contribution in [3.8, 4) is 11.3 Å². The second-order valence-electron chi connectivity index (χ2n) is 7.66. The molecule has 0 aliphatic carbocycles. The Morgan fingerprint density at radius 1 is 1.00 bits per heavy atom. The van der Waals surface area contributed by atoms with Gasteiger partial charge in [-0.3, -0.25) is 14.3 Å². The Morgan fingerprint density at radius 2 is 1.68 bits per heavy atom. The number of benzene rings is 2. The van der Waals surface area contributed by atoms with Gasteiger partial charge in [-0.2, -0.15) is 18.3 Å². The van der Waals surface area contributed by atoms with Gasteiger partial charge >= 0.3 is 6.18 Å². The predicted molar refractivity (Wildman–Crippen MR) is 121 cm³/mol. The van der Waals surface area contributed by atoms with Crippen molar-refractivity contribution in [1.29, 1.82) is 0 Å². The van der Waals surface area contributed by atoms with Gasteiger partial charge in [0, 0.05) is 23.9 Å². The van der Waals surface area contributed by atoms with Crippen molar-refractivity contribution < 1.29 is 22.8 Å². The number of halogens is 3. The molecule has 2 amide bonds. The molecule has 2 heterocycles. The molecule has 4 aromatic rings. The van der Waals surface area contributed by atoms with E-state index in [4.69, 9.17) is 0 Å². The minimum atomic E-state index is -4.50. The number of aryl methyl sites for hydroxylation is 2. The van der Waals surface area contributed by atoms with E-state index in [-0.39, 0.29) is 5.56 Å². The number of aromatic nitrogens is 3. The van der Waals surface area contributed by atoms with Gasteiger partial charge in [0.25, 0.3) is 11.8 Å². The van der Waals surface area contributed by atoms with Crippen LogP contribution in [-0.2, 0) is 7.05 Å². The normalized spacial score (nSPS) is 11.4. The zero-order valence-corrected chi connectivity index (χ0v) is 18.3. The summed E-state index contributed by atoms with van der Waals surface area (Å²) < 4.78 is 38.5. The Labute approximate surface area is 192 Å². The molecule has 0 aliphatic rings. The monoisotopic (exact) mass is 467 g/mol. The van der Waals surface area contributed by atoms with E-state index >= 15 is 0 Å². The first-order valence-corrected chi connectivity index (χ1v) is 10.3. The molecule has 174 valence electrons. The van der Waals surface area contributed by atoms with E-state index in [2.05, 4.69) is 15.4 Å². The summed E-state index contributed by atoms with van der Waals surface area (Å²) in [6.07, 6.45) is -4.50. The maximum absolute atomic E-state index is 13.2. The van der Waals surface area contributed by atoms with Gasteiger partial charge < -0.3 is 10.6 Å². The average molecular weight is 467 g/mol. The standard InChI is InChI=1S/C24H20F3N5O2/c1-14-20-18(12-19(15-6-4-3-5-7-15)30-21(20)32(2)31-14)23(34)29-17-10-8-16(9-11-17)22(33)28-13-24(25,26)27/h3-12H,13H2,1-2H3,(H,28,33)(H,29,34). The van der Waals surface area contributed by atoms with E-state index in [1.54, 1.807) is 24.7 Å². The van der Waals surface area contributed by atoms with Crippen LogP contribution >= 0.6 is 0 Å². The lowest BCUT2D eigenvalue weighted by Gasteiger charge is -2.11. The lowest BCUT2D eigenvalue weighted by atomic mass is 10.0. The second-order valence-corrected chi connectivity index (χ2v) is 7.66. The molecule has 2 N–H and O–H groups in total. The number of hydrogen-bond acceptors (Lipinski definition) is 4. The molecule has 0 spiro atoms. The Balaban J connectivity index is 1.61. The fourth-order valence-electron chi connectivity index (χ4n) is 3.57. The molecule has 0 unspecified atom stereocenters. The molecule has 4 rings (SSSR count). The molecule has 2 aromatic heterocycles. The molecule has 34 heavy (non-hydrogen) atoms. The number of pyridine rings is 1. The largest absolute Gasteiger partial charge is 0.405 e. The summed E-state index contributed by atoms with van der Waals surface area (Å²) in [7, 11) is 1.75. The number of nitrogens with one attached hydrogen (secondary N) is 2. The van der Waals surface area contributed by atoms with Gasteiger partial charge in [-0.15, -0.1) is 0 Å². The molecule has 7 nitrogen and oxygen atoms in total. The summed E-state index contributed by atoms with van der Waals surface area (Å²) in [5.41, 5.74) is 3.45. The van der Waals surface area contributed by atoms with Crippen LogP contribution in [0.1, 0.15) is 26.4 Å². The van der Waals surface area contributed by atoms with Crippen molar-refractivity contribution in [3.05, 3.63) is 77.5 Å². The molecule has 0 bridgehead atoms. The van der Waals surface area contributed by atoms with Crippen LogP contribution in [-0.4, -0.2) is 39.3 Å². The first-order valence-electron chi connectivity index (χ1n) is 10.3. The highest BCUT2D eigenvalue weighted by Gasteiger charge is 2.28. The minimum absolute atomic E-state index is 0.0445. The van der Waals surface area contributed by atoms with Gasteiger partial charge in [0.05, 0.1) is 22.3 Å². The van der Waals surface area contributed by atoms with Gasteiger partial charge in [-0.1, -0.05) is 30.3 Å². The third kappa shape index (κ3) is 4.90. The zero-order chi connectivity index (χ0) is 24.5. The third-order valence-electron chi connectivity index (χ3n) is 5.14. The Kier molecular flexibility index (Phi) is 6.06. The van der Waals surface area contributed by atoms with Crippen molar-refractivity contribution in [2.24, 2.45) is 7.05 Å². The number of amides is 2. The average Bonchev–Trinajstić information content (AvgIpc) is 3.10. The van der Waals surface area contributed by atoms with Crippen LogP contribution < -0.4 is 10.6 Å². The number of carbonyl (C=O) groups excluding carboxylic acids is 2. The van der Waals surface area contributed by atoms with Crippen LogP contribution in [0.25, 0.3) is 22.3 Å². The topological polar surface area (TPSA) is 88.9 Å². The number of nitrogens with zero attached hydrogens (tertiary/aromatic N) is 3. The van der Waals surface area contributed by atoms with E-state index < -0.39 is 24.5 Å². The summed E-state index contributed by atoms with van der Waals surface area (Å²) >= 11 is 0. The van der Waals surface area contributed by atoms with Crippen LogP contribution in [0.4, 0.5) is 18.9 Å². The summed E-state index contributed by atoms with van der Waals surface area (Å²) in [5.74, 6) is -1.26. The molecule has 0 atom stereocenters. The van der Waals surface area contributed by atoms with Crippen LogP contribution in [0.2, 0.25) is 0 Å². The first kappa shape index (κ1) is 23.0. The zero-order valence-electron chi connectivity index (χ0n) is 18.3. The summed E-state index contributed by atoms with van der Waals surface area (Å²) in [6.45, 7) is 0.369. The quantitative estimate of drug-likeness (QED) is 0.453. The number of anilines is 1. The summed E-state index contributed by atoms with van der Waals surface area (Å²) in [5, 5.41) is 9.58. The fraction of sp³-hybridized carbons (Fsp3) is 0.167. The Hall–Kier alpha value is -4.21. The Morgan fingerprint density at radius 3 is 2.32 bits per heavy atom. The molecule has 0 fully saturated rings. The summed E-state index contributed by atoms with van der Waals surface area (Å²) in [6, 6.07) is 16.7. The van der Waals surface area contributed by atoms with Crippen molar-refractivity contribution in [2.75, 3.05) is 11.9 Å². The maximum Gasteiger partial charge on any atom is 0.405 e. The second kappa shape index (κ2) is 8.97. The minimum Gasteiger partial charge on any atom is -0.343 e. The lowest BCUT2D eigenvalue weighted by molar-refractivity contribution is -0.123. The highest BCUT2D eigenvalue weighted by atomic mass is 19.4. The van der Waals surface area contributed by atoms with Crippen LogP contribution in [0, 0.1) is 6.92 Å². The van der Waals surface area contributed by atoms with Gasteiger partial charge in [-0.25, -0.2) is 4.98 Å². The molecule has 0 saturated heterocycles. The molecule has 2 aromatic carbocycles. The third-order valence-corrected chi connectivity index (χ3v) is 5.14. The maximum atomic E-state index is 13.2. The molecule has 10 heteroatoms. The predicted octanol–water partition coefficient (Wildman–Crippen LogP) is 4.49. The fourth-order valence-corrected chi connectivity index (χ4v) is 3.57. The highest BCUT2D eigenvalue weighted by molar-refractivity contribution is 6.13. The van der Waals surface area contributed by atoms with E-state index in [0.717, 1.165) is 5.56 Å². The Bertz CT molecular complexity index is 1360. The van der Waals surface area contributed by atoms with Gasteiger partial charge in [0.1, 0.15) is 6.54 Å². The molecule has 0 radical (unpaired) electrons. The van der Waals surface area contributed by atoms with E-state index in [9.17, 15) is 22.8 Å². The van der Waals surface area contributed by atoms with Crippen molar-refractivity contribution >= 4 is 28.5 Å². The van der Waals surface area contributed by atoms with Crippen LogP contribution in [0.3, 0.4) is 0 Å². The van der Waals surface area contributed by atoms with E-state index in [1.165, 1.54) is 24.3 Å². The van der Waals surface area contributed by atoms with Crippen LogP contribution in [0.5, 0.6) is 0 Å². The molecular formula is C24H20F3N5O2. The van der Waals surface area contributed by atoms with E-state index in [0.29, 0.717) is 33.7 Å². The molecule has 0 aliphatic heterocycles. The van der Waals surface area contributed by atoms with Gasteiger partial charge in [-0.05, 0) is 37.3 Å². The number of fused-ring (bicyclic) bond motifs is 1. The smallest absolute Gasteiger partial charge is 0.343 e. The van der Waals surface area contributed by atoms with E-state index in [1.807, 2.05) is 35.6 Å². The van der Waals surface area contributed by atoms with Gasteiger partial charge in [0.2, 0.25) is 0 Å². The van der Waals surface area contributed by atoms with Crippen molar-refractivity contribution in [1.82, 2.24) is 20.1 Å².